The number of hydrogen-bond acceptors (Lipinski definition) is 3. The molecule has 136 valence electrons. The number of rotatable bonds is 8. The molecule has 2 aromatic rings. The van der Waals surface area contributed by atoms with Crippen LogP contribution >= 0.6 is 11.8 Å². The molecule has 1 fully saturated rings. The molecule has 1 atom stereocenters. The molecule has 5 heteroatoms. The first kappa shape index (κ1) is 18.5. The predicted octanol–water partition coefficient (Wildman–Crippen LogP) is 3.93. The molecule has 0 spiro atoms. The largest absolute Gasteiger partial charge is 0.348 e. The minimum absolute atomic E-state index is 0.0147. The number of nitrogens with one attached hydrogen (secondary N) is 2. The summed E-state index contributed by atoms with van der Waals surface area (Å²) in [5, 5.41) is 5.99. The lowest BCUT2D eigenvalue weighted by Gasteiger charge is -2.18. The zero-order valence-electron chi connectivity index (χ0n) is 14.9. The average Bonchev–Trinajstić information content (AvgIpc) is 3.45. The molecule has 26 heavy (non-hydrogen) atoms. The third kappa shape index (κ3) is 5.63. The van der Waals surface area contributed by atoms with Gasteiger partial charge in [0.1, 0.15) is 0 Å². The SMILES string of the molecule is Cc1cccc(NC(=O)CSCC(=O)NC(c2ccccc2)C2CC2)c1. The molecule has 0 saturated heterocycles. The van der Waals surface area contributed by atoms with Crippen LogP contribution in [0.4, 0.5) is 5.69 Å². The van der Waals surface area contributed by atoms with Crippen LogP contribution in [0.25, 0.3) is 0 Å². The molecule has 0 aromatic heterocycles. The maximum atomic E-state index is 12.3. The van der Waals surface area contributed by atoms with E-state index >= 15 is 0 Å². The van der Waals surface area contributed by atoms with Crippen molar-refractivity contribution in [1.82, 2.24) is 5.32 Å². The lowest BCUT2D eigenvalue weighted by Crippen LogP contribution is -2.31. The van der Waals surface area contributed by atoms with E-state index in [4.69, 9.17) is 0 Å². The first-order valence-electron chi connectivity index (χ1n) is 8.90. The Bertz CT molecular complexity index is 760. The van der Waals surface area contributed by atoms with E-state index in [1.807, 2.05) is 49.4 Å². The van der Waals surface area contributed by atoms with Gasteiger partial charge in [-0.2, -0.15) is 0 Å². The second-order valence-electron chi connectivity index (χ2n) is 6.70. The molecule has 3 rings (SSSR count). The first-order chi connectivity index (χ1) is 12.6. The highest BCUT2D eigenvalue weighted by Gasteiger charge is 2.33. The molecule has 2 N–H and O–H groups in total. The van der Waals surface area contributed by atoms with Crippen LogP contribution in [0.15, 0.2) is 54.6 Å². The summed E-state index contributed by atoms with van der Waals surface area (Å²) in [6.07, 6.45) is 2.32. The van der Waals surface area contributed by atoms with Crippen LogP contribution < -0.4 is 10.6 Å². The van der Waals surface area contributed by atoms with Gasteiger partial charge in [-0.1, -0.05) is 42.5 Å². The monoisotopic (exact) mass is 368 g/mol. The standard InChI is InChI=1S/C21H24N2O2S/c1-15-6-5-9-18(12-15)22-19(24)13-26-14-20(25)23-21(17-10-11-17)16-7-3-2-4-8-16/h2-9,12,17,21H,10-11,13-14H2,1H3,(H,22,24)(H,23,25). The van der Waals surface area contributed by atoms with Gasteiger partial charge in [0, 0.05) is 5.69 Å². The minimum Gasteiger partial charge on any atom is -0.348 e. The Morgan fingerprint density at radius 3 is 2.46 bits per heavy atom. The van der Waals surface area contributed by atoms with Crippen molar-refractivity contribution >= 4 is 29.3 Å². The summed E-state index contributed by atoms with van der Waals surface area (Å²) in [5.74, 6) is 0.989. The van der Waals surface area contributed by atoms with Crippen molar-refractivity contribution in [2.45, 2.75) is 25.8 Å². The number of carbonyl (C=O) groups excluding carboxylic acids is 2. The van der Waals surface area contributed by atoms with E-state index in [9.17, 15) is 9.59 Å². The summed E-state index contributed by atoms with van der Waals surface area (Å²) in [6.45, 7) is 1.98. The summed E-state index contributed by atoms with van der Waals surface area (Å²) in [7, 11) is 0. The number of aryl methyl sites for hydroxylation is 1. The molecule has 2 amide bonds. The van der Waals surface area contributed by atoms with Gasteiger partial charge in [0.25, 0.3) is 0 Å². The van der Waals surface area contributed by atoms with E-state index in [1.165, 1.54) is 11.8 Å². The second kappa shape index (κ2) is 8.90. The molecule has 0 aliphatic heterocycles. The molecule has 1 unspecified atom stereocenters. The number of hydrogen-bond donors (Lipinski definition) is 2. The van der Waals surface area contributed by atoms with Gasteiger partial charge >= 0.3 is 0 Å². The number of benzene rings is 2. The van der Waals surface area contributed by atoms with Crippen molar-refractivity contribution in [3.63, 3.8) is 0 Å². The maximum Gasteiger partial charge on any atom is 0.234 e. The van der Waals surface area contributed by atoms with Crippen LogP contribution in [0.2, 0.25) is 0 Å². The third-order valence-electron chi connectivity index (χ3n) is 4.34. The van der Waals surface area contributed by atoms with Crippen LogP contribution in [-0.2, 0) is 9.59 Å². The third-order valence-corrected chi connectivity index (χ3v) is 5.27. The van der Waals surface area contributed by atoms with Crippen LogP contribution in [0.1, 0.15) is 30.0 Å². The Kier molecular flexibility index (Phi) is 6.34. The summed E-state index contributed by atoms with van der Waals surface area (Å²) in [4.78, 5) is 24.3. The highest BCUT2D eigenvalue weighted by atomic mass is 32.2. The fraction of sp³-hybridized carbons (Fsp3) is 0.333. The summed E-state index contributed by atoms with van der Waals surface area (Å²) < 4.78 is 0. The van der Waals surface area contributed by atoms with Crippen LogP contribution in [0, 0.1) is 12.8 Å². The van der Waals surface area contributed by atoms with Gasteiger partial charge in [-0.05, 0) is 48.9 Å². The molecule has 1 aliphatic carbocycles. The average molecular weight is 369 g/mol. The molecular weight excluding hydrogens is 344 g/mol. The Morgan fingerprint density at radius 1 is 1.04 bits per heavy atom. The predicted molar refractivity (Wildman–Crippen MR) is 107 cm³/mol. The summed E-state index contributed by atoms with van der Waals surface area (Å²) >= 11 is 1.34. The topological polar surface area (TPSA) is 58.2 Å². The molecule has 0 heterocycles. The Morgan fingerprint density at radius 2 is 1.77 bits per heavy atom. The Balaban J connectivity index is 1.43. The smallest absolute Gasteiger partial charge is 0.234 e. The molecule has 0 radical (unpaired) electrons. The van der Waals surface area contributed by atoms with Gasteiger partial charge in [0.05, 0.1) is 17.5 Å². The van der Waals surface area contributed by atoms with Gasteiger partial charge in [0.2, 0.25) is 11.8 Å². The highest BCUT2D eigenvalue weighted by molar-refractivity contribution is 8.00. The van der Waals surface area contributed by atoms with Gasteiger partial charge in [-0.15, -0.1) is 11.8 Å². The van der Waals surface area contributed by atoms with Crippen LogP contribution in [0.3, 0.4) is 0 Å². The van der Waals surface area contributed by atoms with Crippen LogP contribution in [0.5, 0.6) is 0 Å². The number of carbonyl (C=O) groups is 2. The molecular formula is C21H24N2O2S. The highest BCUT2D eigenvalue weighted by Crippen LogP contribution is 2.40. The lowest BCUT2D eigenvalue weighted by atomic mass is 10.0. The molecule has 1 saturated carbocycles. The fourth-order valence-corrected chi connectivity index (χ4v) is 3.56. The molecule has 2 aromatic carbocycles. The van der Waals surface area contributed by atoms with E-state index in [-0.39, 0.29) is 29.4 Å². The van der Waals surface area contributed by atoms with E-state index in [0.29, 0.717) is 5.92 Å². The van der Waals surface area contributed by atoms with Gasteiger partial charge < -0.3 is 10.6 Å². The zero-order valence-corrected chi connectivity index (χ0v) is 15.7. The van der Waals surface area contributed by atoms with Crippen molar-refractivity contribution in [2.24, 2.45) is 5.92 Å². The van der Waals surface area contributed by atoms with Crippen molar-refractivity contribution in [3.8, 4) is 0 Å². The van der Waals surface area contributed by atoms with E-state index in [1.54, 1.807) is 0 Å². The summed E-state index contributed by atoms with van der Waals surface area (Å²) in [6, 6.07) is 17.9. The Labute approximate surface area is 158 Å². The normalized spacial score (nSPS) is 14.5. The molecule has 4 nitrogen and oxygen atoms in total. The van der Waals surface area contributed by atoms with Crippen molar-refractivity contribution < 1.29 is 9.59 Å². The van der Waals surface area contributed by atoms with Crippen molar-refractivity contribution in [1.29, 1.82) is 0 Å². The first-order valence-corrected chi connectivity index (χ1v) is 10.1. The van der Waals surface area contributed by atoms with Crippen LogP contribution in [-0.4, -0.2) is 23.3 Å². The minimum atomic E-state index is -0.0878. The maximum absolute atomic E-state index is 12.3. The zero-order chi connectivity index (χ0) is 18.4. The Hall–Kier alpha value is -2.27. The number of anilines is 1. The van der Waals surface area contributed by atoms with Crippen molar-refractivity contribution in [3.05, 3.63) is 65.7 Å². The lowest BCUT2D eigenvalue weighted by molar-refractivity contribution is -0.119. The van der Waals surface area contributed by atoms with Gasteiger partial charge in [0.15, 0.2) is 0 Å². The second-order valence-corrected chi connectivity index (χ2v) is 7.69. The number of thioether (sulfide) groups is 1. The van der Waals surface area contributed by atoms with E-state index in [2.05, 4.69) is 22.8 Å². The number of amides is 2. The van der Waals surface area contributed by atoms with Gasteiger partial charge in [-0.3, -0.25) is 9.59 Å². The van der Waals surface area contributed by atoms with E-state index < -0.39 is 0 Å². The quantitative estimate of drug-likeness (QED) is 0.742. The summed E-state index contributed by atoms with van der Waals surface area (Å²) in [5.41, 5.74) is 3.05. The fourth-order valence-electron chi connectivity index (χ4n) is 2.93. The van der Waals surface area contributed by atoms with E-state index in [0.717, 1.165) is 29.7 Å². The van der Waals surface area contributed by atoms with Gasteiger partial charge in [-0.25, -0.2) is 0 Å². The van der Waals surface area contributed by atoms with Crippen molar-refractivity contribution in [2.75, 3.05) is 16.8 Å². The molecule has 0 bridgehead atoms. The molecule has 1 aliphatic rings.